The molecule has 188 valence electrons. The summed E-state index contributed by atoms with van der Waals surface area (Å²) in [6.45, 7) is 7.59. The molecule has 1 aromatic carbocycles. The molecule has 8 nitrogen and oxygen atoms in total. The molecule has 1 aliphatic heterocycles. The average Bonchev–Trinajstić information content (AvgIpc) is 2.76. The van der Waals surface area contributed by atoms with Gasteiger partial charge in [0.15, 0.2) is 0 Å². The van der Waals surface area contributed by atoms with Gasteiger partial charge < -0.3 is 20.7 Å². The van der Waals surface area contributed by atoms with Gasteiger partial charge in [-0.1, -0.05) is 30.9 Å². The van der Waals surface area contributed by atoms with Gasteiger partial charge in [0.2, 0.25) is 0 Å². The van der Waals surface area contributed by atoms with E-state index in [0.29, 0.717) is 17.3 Å². The Kier molecular flexibility index (Phi) is 8.82. The van der Waals surface area contributed by atoms with Crippen LogP contribution in [0.15, 0.2) is 24.3 Å². The molecule has 1 heterocycles. The van der Waals surface area contributed by atoms with Crippen LogP contribution in [0, 0.1) is 0 Å². The predicted molar refractivity (Wildman–Crippen MR) is 133 cm³/mol. The standard InChI is InChI=1S/C25H37ClN4O4/c1-24(2,3)34-23(33)27-14-16-30-15-11-20(17-25(30)12-5-4-6-13-25)29-22(32)21(31)28-19-9-7-18(26)8-10-19/h7-10,20H,4-6,11-17H2,1-3H3,(H,27,33)(H,28,31)(H,29,32). The van der Waals surface area contributed by atoms with E-state index in [9.17, 15) is 14.4 Å². The Balaban J connectivity index is 1.54. The summed E-state index contributed by atoms with van der Waals surface area (Å²) in [5, 5.41) is 8.99. The molecule has 1 saturated carbocycles. The van der Waals surface area contributed by atoms with Crippen LogP contribution in [0.3, 0.4) is 0 Å². The topological polar surface area (TPSA) is 99.8 Å². The van der Waals surface area contributed by atoms with Crippen LogP contribution in [0.4, 0.5) is 10.5 Å². The first-order valence-corrected chi connectivity index (χ1v) is 12.5. The van der Waals surface area contributed by atoms with E-state index >= 15 is 0 Å². The van der Waals surface area contributed by atoms with Crippen molar-refractivity contribution in [2.75, 3.05) is 25.0 Å². The molecule has 1 unspecified atom stereocenters. The molecule has 3 N–H and O–H groups in total. The Hall–Kier alpha value is -2.32. The maximum absolute atomic E-state index is 12.6. The van der Waals surface area contributed by atoms with E-state index in [1.54, 1.807) is 24.3 Å². The summed E-state index contributed by atoms with van der Waals surface area (Å²) in [5.41, 5.74) is -0.0115. The zero-order chi connectivity index (χ0) is 24.8. The highest BCUT2D eigenvalue weighted by Gasteiger charge is 2.43. The summed E-state index contributed by atoms with van der Waals surface area (Å²) in [7, 11) is 0. The van der Waals surface area contributed by atoms with E-state index < -0.39 is 23.5 Å². The quantitative estimate of drug-likeness (QED) is 0.538. The molecule has 1 saturated heterocycles. The normalized spacial score (nSPS) is 20.4. The van der Waals surface area contributed by atoms with Crippen LogP contribution in [-0.4, -0.2) is 59.6 Å². The minimum atomic E-state index is -0.677. The van der Waals surface area contributed by atoms with Gasteiger partial charge in [0.25, 0.3) is 0 Å². The summed E-state index contributed by atoms with van der Waals surface area (Å²) in [6.07, 6.45) is 6.78. The highest BCUT2D eigenvalue weighted by atomic mass is 35.5. The number of anilines is 1. The Labute approximate surface area is 207 Å². The van der Waals surface area contributed by atoms with Crippen LogP contribution in [0.2, 0.25) is 5.02 Å². The molecule has 0 bridgehead atoms. The number of benzene rings is 1. The first-order chi connectivity index (χ1) is 16.1. The summed E-state index contributed by atoms with van der Waals surface area (Å²) in [4.78, 5) is 39.4. The number of carbonyl (C=O) groups is 3. The highest BCUT2D eigenvalue weighted by molar-refractivity contribution is 6.39. The fourth-order valence-electron chi connectivity index (χ4n) is 5.02. The number of nitrogens with zero attached hydrogens (tertiary/aromatic N) is 1. The molecule has 2 fully saturated rings. The second-order valence-corrected chi connectivity index (χ2v) is 10.8. The lowest BCUT2D eigenvalue weighted by atomic mass is 9.73. The van der Waals surface area contributed by atoms with E-state index in [1.807, 2.05) is 20.8 Å². The van der Waals surface area contributed by atoms with Crippen molar-refractivity contribution in [3.8, 4) is 0 Å². The Morgan fingerprint density at radius 1 is 1.09 bits per heavy atom. The maximum Gasteiger partial charge on any atom is 0.407 e. The van der Waals surface area contributed by atoms with Gasteiger partial charge in [-0.3, -0.25) is 14.5 Å². The fourth-order valence-corrected chi connectivity index (χ4v) is 5.15. The van der Waals surface area contributed by atoms with Crippen LogP contribution in [-0.2, 0) is 14.3 Å². The molecular formula is C25H37ClN4O4. The van der Waals surface area contributed by atoms with E-state index in [-0.39, 0.29) is 11.6 Å². The molecule has 3 rings (SSSR count). The number of hydrogen-bond donors (Lipinski definition) is 3. The number of ether oxygens (including phenoxy) is 1. The highest BCUT2D eigenvalue weighted by Crippen LogP contribution is 2.40. The number of nitrogens with one attached hydrogen (secondary N) is 3. The third-order valence-electron chi connectivity index (χ3n) is 6.52. The number of likely N-dealkylation sites (tertiary alicyclic amines) is 1. The molecule has 3 amide bonds. The first kappa shape index (κ1) is 26.3. The van der Waals surface area contributed by atoms with Gasteiger partial charge in [0.1, 0.15) is 5.60 Å². The van der Waals surface area contributed by atoms with Crippen LogP contribution < -0.4 is 16.0 Å². The lowest BCUT2D eigenvalue weighted by molar-refractivity contribution is -0.137. The second-order valence-electron chi connectivity index (χ2n) is 10.3. The van der Waals surface area contributed by atoms with Crippen molar-refractivity contribution in [2.24, 2.45) is 0 Å². The summed E-state index contributed by atoms with van der Waals surface area (Å²) in [6, 6.07) is 6.59. The third-order valence-corrected chi connectivity index (χ3v) is 6.77. The van der Waals surface area contributed by atoms with Gasteiger partial charge in [0.05, 0.1) is 0 Å². The van der Waals surface area contributed by atoms with Gasteiger partial charge in [-0.05, 0) is 70.7 Å². The molecule has 1 spiro atoms. The lowest BCUT2D eigenvalue weighted by Crippen LogP contribution is -2.60. The van der Waals surface area contributed by atoms with E-state index in [2.05, 4.69) is 20.9 Å². The molecule has 0 aromatic heterocycles. The third kappa shape index (κ3) is 7.60. The molecule has 1 aliphatic carbocycles. The van der Waals surface area contributed by atoms with E-state index in [4.69, 9.17) is 16.3 Å². The van der Waals surface area contributed by atoms with E-state index in [0.717, 1.165) is 51.6 Å². The van der Waals surface area contributed by atoms with Crippen LogP contribution >= 0.6 is 11.6 Å². The van der Waals surface area contributed by atoms with Crippen molar-refractivity contribution in [1.29, 1.82) is 0 Å². The van der Waals surface area contributed by atoms with Gasteiger partial charge in [-0.2, -0.15) is 0 Å². The Morgan fingerprint density at radius 2 is 1.76 bits per heavy atom. The van der Waals surface area contributed by atoms with Gasteiger partial charge >= 0.3 is 17.9 Å². The zero-order valence-corrected chi connectivity index (χ0v) is 21.2. The van der Waals surface area contributed by atoms with Crippen LogP contribution in [0.5, 0.6) is 0 Å². The fraction of sp³-hybridized carbons (Fsp3) is 0.640. The number of hydrogen-bond acceptors (Lipinski definition) is 5. The minimum Gasteiger partial charge on any atom is -0.444 e. The summed E-state index contributed by atoms with van der Waals surface area (Å²) >= 11 is 5.87. The maximum atomic E-state index is 12.6. The smallest absolute Gasteiger partial charge is 0.407 e. The number of piperidine rings is 1. The number of carbonyl (C=O) groups excluding carboxylic acids is 3. The van der Waals surface area contributed by atoms with Gasteiger partial charge in [-0.15, -0.1) is 0 Å². The first-order valence-electron chi connectivity index (χ1n) is 12.2. The molecule has 2 aliphatic rings. The Bertz CT molecular complexity index is 863. The SMILES string of the molecule is CC(C)(C)OC(=O)NCCN1CCC(NC(=O)C(=O)Nc2ccc(Cl)cc2)CC12CCCCC2. The molecule has 1 atom stereocenters. The summed E-state index contributed by atoms with van der Waals surface area (Å²) in [5.74, 6) is -1.30. The average molecular weight is 493 g/mol. The molecule has 1 aromatic rings. The monoisotopic (exact) mass is 492 g/mol. The van der Waals surface area contributed by atoms with Crippen molar-refractivity contribution in [1.82, 2.24) is 15.5 Å². The second kappa shape index (κ2) is 11.4. The molecule has 9 heteroatoms. The lowest BCUT2D eigenvalue weighted by Gasteiger charge is -2.52. The van der Waals surface area contributed by atoms with Crippen molar-refractivity contribution < 1.29 is 19.1 Å². The van der Waals surface area contributed by atoms with Gasteiger partial charge in [0, 0.05) is 41.9 Å². The van der Waals surface area contributed by atoms with Crippen molar-refractivity contribution in [2.45, 2.75) is 82.9 Å². The zero-order valence-electron chi connectivity index (χ0n) is 20.4. The predicted octanol–water partition coefficient (Wildman–Crippen LogP) is 4.09. The van der Waals surface area contributed by atoms with E-state index in [1.165, 1.54) is 6.42 Å². The van der Waals surface area contributed by atoms with Crippen molar-refractivity contribution in [3.05, 3.63) is 29.3 Å². The largest absolute Gasteiger partial charge is 0.444 e. The van der Waals surface area contributed by atoms with Crippen LogP contribution in [0.25, 0.3) is 0 Å². The van der Waals surface area contributed by atoms with Crippen molar-refractivity contribution >= 4 is 35.2 Å². The van der Waals surface area contributed by atoms with Crippen LogP contribution in [0.1, 0.15) is 65.7 Å². The Morgan fingerprint density at radius 3 is 2.41 bits per heavy atom. The van der Waals surface area contributed by atoms with Crippen molar-refractivity contribution in [3.63, 3.8) is 0 Å². The number of amides is 3. The molecule has 34 heavy (non-hydrogen) atoms. The molecule has 0 radical (unpaired) electrons. The minimum absolute atomic E-state index is 0.0171. The van der Waals surface area contributed by atoms with Gasteiger partial charge in [-0.25, -0.2) is 4.79 Å². The molecular weight excluding hydrogens is 456 g/mol. The summed E-state index contributed by atoms with van der Waals surface area (Å²) < 4.78 is 5.34. The number of alkyl carbamates (subject to hydrolysis) is 1. The number of halogens is 1. The number of rotatable bonds is 5.